The summed E-state index contributed by atoms with van der Waals surface area (Å²) in [6, 6.07) is 15.0. The van der Waals surface area contributed by atoms with Gasteiger partial charge in [-0.1, -0.05) is 32.0 Å². The molecule has 1 N–H and O–H groups in total. The zero-order valence-electron chi connectivity index (χ0n) is 14.7. The molecule has 0 unspecified atom stereocenters. The molecule has 0 aliphatic rings. The van der Waals surface area contributed by atoms with Crippen LogP contribution in [-0.2, 0) is 0 Å². The third kappa shape index (κ3) is 4.75. The van der Waals surface area contributed by atoms with Crippen LogP contribution in [0, 0.1) is 5.92 Å². The van der Waals surface area contributed by atoms with Gasteiger partial charge in [-0.2, -0.15) is 0 Å². The van der Waals surface area contributed by atoms with Crippen molar-refractivity contribution in [2.45, 2.75) is 26.3 Å². The molecule has 0 radical (unpaired) electrons. The number of ether oxygens (including phenoxy) is 2. The lowest BCUT2D eigenvalue weighted by molar-refractivity contribution is 0.0931. The maximum atomic E-state index is 12.6. The van der Waals surface area contributed by atoms with Gasteiger partial charge in [-0.25, -0.2) is 0 Å². The predicted octanol–water partition coefficient (Wildman–Crippen LogP) is 4.22. The van der Waals surface area contributed by atoms with E-state index in [-0.39, 0.29) is 11.9 Å². The molecule has 1 amide bonds. The molecule has 0 spiro atoms. The summed E-state index contributed by atoms with van der Waals surface area (Å²) in [4.78, 5) is 12.6. The summed E-state index contributed by atoms with van der Waals surface area (Å²) in [5, 5.41) is 3.13. The average Bonchev–Trinajstić information content (AvgIpc) is 2.60. The van der Waals surface area contributed by atoms with Gasteiger partial charge < -0.3 is 14.8 Å². The van der Waals surface area contributed by atoms with Crippen LogP contribution >= 0.6 is 0 Å². The summed E-state index contributed by atoms with van der Waals surface area (Å²) < 4.78 is 10.4. The fraction of sp³-hybridized carbons (Fsp3) is 0.350. The van der Waals surface area contributed by atoms with E-state index in [0.29, 0.717) is 17.2 Å². The number of amides is 1. The van der Waals surface area contributed by atoms with E-state index in [1.807, 2.05) is 36.4 Å². The molecule has 0 aliphatic heterocycles. The molecule has 4 heteroatoms. The molecule has 2 aromatic carbocycles. The number of nitrogens with one attached hydrogen (secondary N) is 1. The molecular formula is C20H25NO3. The number of carbonyl (C=O) groups is 1. The Hall–Kier alpha value is -2.49. The summed E-state index contributed by atoms with van der Waals surface area (Å²) in [5.74, 6) is 1.84. The van der Waals surface area contributed by atoms with Gasteiger partial charge in [0.1, 0.15) is 11.5 Å². The highest BCUT2D eigenvalue weighted by molar-refractivity contribution is 5.94. The second-order valence-electron chi connectivity index (χ2n) is 6.16. The topological polar surface area (TPSA) is 47.6 Å². The first-order valence-corrected chi connectivity index (χ1v) is 8.12. The van der Waals surface area contributed by atoms with E-state index in [4.69, 9.17) is 9.47 Å². The molecule has 2 rings (SSSR count). The Kier molecular flexibility index (Phi) is 6.24. The number of rotatable bonds is 7. The lowest BCUT2D eigenvalue weighted by Crippen LogP contribution is -2.29. The molecule has 2 aromatic rings. The van der Waals surface area contributed by atoms with E-state index >= 15 is 0 Å². The first-order valence-electron chi connectivity index (χ1n) is 8.12. The van der Waals surface area contributed by atoms with E-state index in [9.17, 15) is 4.79 Å². The zero-order chi connectivity index (χ0) is 17.5. The Balaban J connectivity index is 2.19. The van der Waals surface area contributed by atoms with Crippen molar-refractivity contribution >= 4 is 5.91 Å². The van der Waals surface area contributed by atoms with Gasteiger partial charge >= 0.3 is 0 Å². The number of carbonyl (C=O) groups excluding carboxylic acids is 1. The highest BCUT2D eigenvalue weighted by Gasteiger charge is 2.17. The van der Waals surface area contributed by atoms with Crippen molar-refractivity contribution in [3.05, 3.63) is 59.7 Å². The normalized spacial score (nSPS) is 11.9. The SMILES string of the molecule is COc1ccc([C@@H](CC(C)C)NC(=O)c2cccc(OC)c2)cc1. The van der Waals surface area contributed by atoms with Gasteiger partial charge in [-0.15, -0.1) is 0 Å². The van der Waals surface area contributed by atoms with Crippen LogP contribution in [0.15, 0.2) is 48.5 Å². The average molecular weight is 327 g/mol. The molecule has 24 heavy (non-hydrogen) atoms. The van der Waals surface area contributed by atoms with Crippen LogP contribution in [0.4, 0.5) is 0 Å². The molecule has 0 saturated heterocycles. The molecule has 1 atom stereocenters. The van der Waals surface area contributed by atoms with Crippen molar-refractivity contribution in [3.8, 4) is 11.5 Å². The molecule has 128 valence electrons. The minimum absolute atomic E-state index is 0.0467. The highest BCUT2D eigenvalue weighted by atomic mass is 16.5. The molecular weight excluding hydrogens is 302 g/mol. The van der Waals surface area contributed by atoms with Crippen LogP contribution in [0.1, 0.15) is 42.2 Å². The summed E-state index contributed by atoms with van der Waals surface area (Å²) in [6.07, 6.45) is 0.863. The van der Waals surface area contributed by atoms with Gasteiger partial charge in [0.25, 0.3) is 5.91 Å². The van der Waals surface area contributed by atoms with E-state index in [0.717, 1.165) is 17.7 Å². The fourth-order valence-electron chi connectivity index (χ4n) is 2.59. The third-order valence-corrected chi connectivity index (χ3v) is 3.86. The zero-order valence-corrected chi connectivity index (χ0v) is 14.7. The van der Waals surface area contributed by atoms with E-state index < -0.39 is 0 Å². The minimum atomic E-state index is -0.102. The molecule has 0 fully saturated rings. The second kappa shape index (κ2) is 8.39. The molecule has 0 aliphatic carbocycles. The van der Waals surface area contributed by atoms with E-state index in [1.165, 1.54) is 0 Å². The van der Waals surface area contributed by atoms with Crippen molar-refractivity contribution in [2.24, 2.45) is 5.92 Å². The fourth-order valence-corrected chi connectivity index (χ4v) is 2.59. The number of benzene rings is 2. The van der Waals surface area contributed by atoms with Crippen LogP contribution in [0.25, 0.3) is 0 Å². The van der Waals surface area contributed by atoms with Crippen molar-refractivity contribution in [1.29, 1.82) is 0 Å². The second-order valence-corrected chi connectivity index (χ2v) is 6.16. The summed E-state index contributed by atoms with van der Waals surface area (Å²) >= 11 is 0. The Morgan fingerprint density at radius 3 is 2.25 bits per heavy atom. The standard InChI is InChI=1S/C20H25NO3/c1-14(2)12-19(15-8-10-17(23-3)11-9-15)21-20(22)16-6-5-7-18(13-16)24-4/h5-11,13-14,19H,12H2,1-4H3,(H,21,22)/t19-/m1/s1. The lowest BCUT2D eigenvalue weighted by Gasteiger charge is -2.21. The van der Waals surface area contributed by atoms with E-state index in [2.05, 4.69) is 19.2 Å². The first kappa shape index (κ1) is 17.9. The molecule has 0 heterocycles. The number of methoxy groups -OCH3 is 2. The van der Waals surface area contributed by atoms with Gasteiger partial charge in [0, 0.05) is 5.56 Å². The minimum Gasteiger partial charge on any atom is -0.497 e. The van der Waals surface area contributed by atoms with Crippen LogP contribution in [0.3, 0.4) is 0 Å². The van der Waals surface area contributed by atoms with Gasteiger partial charge in [0.05, 0.1) is 20.3 Å². The predicted molar refractivity (Wildman–Crippen MR) is 95.7 cm³/mol. The van der Waals surface area contributed by atoms with Crippen molar-refractivity contribution in [1.82, 2.24) is 5.32 Å². The summed E-state index contributed by atoms with van der Waals surface area (Å²) in [6.45, 7) is 4.29. The Bertz CT molecular complexity index is 665. The Morgan fingerprint density at radius 2 is 1.67 bits per heavy atom. The summed E-state index contributed by atoms with van der Waals surface area (Å²) in [7, 11) is 3.24. The Labute approximate surface area is 143 Å². The van der Waals surface area contributed by atoms with Gasteiger partial charge in [0.15, 0.2) is 0 Å². The third-order valence-electron chi connectivity index (χ3n) is 3.86. The highest BCUT2D eigenvalue weighted by Crippen LogP contribution is 2.24. The maximum Gasteiger partial charge on any atom is 0.251 e. The largest absolute Gasteiger partial charge is 0.497 e. The monoisotopic (exact) mass is 327 g/mol. The van der Waals surface area contributed by atoms with E-state index in [1.54, 1.807) is 26.4 Å². The number of hydrogen-bond donors (Lipinski definition) is 1. The van der Waals surface area contributed by atoms with Crippen LogP contribution in [-0.4, -0.2) is 20.1 Å². The molecule has 0 bridgehead atoms. The molecule has 0 aromatic heterocycles. The smallest absolute Gasteiger partial charge is 0.251 e. The van der Waals surface area contributed by atoms with Crippen LogP contribution < -0.4 is 14.8 Å². The maximum absolute atomic E-state index is 12.6. The van der Waals surface area contributed by atoms with Crippen molar-refractivity contribution < 1.29 is 14.3 Å². The lowest BCUT2D eigenvalue weighted by atomic mass is 9.96. The molecule has 4 nitrogen and oxygen atoms in total. The quantitative estimate of drug-likeness (QED) is 0.828. The van der Waals surface area contributed by atoms with Crippen LogP contribution in [0.5, 0.6) is 11.5 Å². The molecule has 0 saturated carbocycles. The van der Waals surface area contributed by atoms with Crippen LogP contribution in [0.2, 0.25) is 0 Å². The Morgan fingerprint density at radius 1 is 1.00 bits per heavy atom. The van der Waals surface area contributed by atoms with Crippen molar-refractivity contribution in [3.63, 3.8) is 0 Å². The van der Waals surface area contributed by atoms with Gasteiger partial charge in [-0.05, 0) is 48.2 Å². The van der Waals surface area contributed by atoms with Gasteiger partial charge in [0.2, 0.25) is 0 Å². The first-order chi connectivity index (χ1) is 11.5. The van der Waals surface area contributed by atoms with Crippen molar-refractivity contribution in [2.75, 3.05) is 14.2 Å². The summed E-state index contributed by atoms with van der Waals surface area (Å²) in [5.41, 5.74) is 1.66. The number of hydrogen-bond acceptors (Lipinski definition) is 3. The van der Waals surface area contributed by atoms with Gasteiger partial charge in [-0.3, -0.25) is 4.79 Å².